The molecule has 0 bridgehead atoms. The number of carbonyl (C=O) groups excluding carboxylic acids is 1. The molecule has 1 fully saturated rings. The fourth-order valence-corrected chi connectivity index (χ4v) is 6.89. The Morgan fingerprint density at radius 3 is 2.36 bits per heavy atom. The van der Waals surface area contributed by atoms with Crippen molar-refractivity contribution in [1.82, 2.24) is 10.3 Å². The number of amides is 1. The van der Waals surface area contributed by atoms with E-state index in [0.717, 1.165) is 10.9 Å². The average molecular weight is 655 g/mol. The van der Waals surface area contributed by atoms with Crippen molar-refractivity contribution in [2.24, 2.45) is 0 Å². The number of pyridine rings is 1. The molecule has 1 amide bonds. The van der Waals surface area contributed by atoms with Gasteiger partial charge in [-0.25, -0.2) is 18.0 Å². The number of aromatic nitrogens is 1. The highest BCUT2D eigenvalue weighted by atomic mass is 35.5. The topological polar surface area (TPSA) is 167 Å². The summed E-state index contributed by atoms with van der Waals surface area (Å²) in [7, 11) is -1.66. The van der Waals surface area contributed by atoms with Gasteiger partial charge in [-0.2, -0.15) is 0 Å². The van der Waals surface area contributed by atoms with Crippen molar-refractivity contribution in [2.45, 2.75) is 48.4 Å². The van der Waals surface area contributed by atoms with E-state index in [1.807, 2.05) is 6.92 Å². The Labute approximate surface area is 266 Å². The number of aliphatic carboxylic acids is 1. The first-order valence-electron chi connectivity index (χ1n) is 14.2. The van der Waals surface area contributed by atoms with Crippen LogP contribution in [-0.4, -0.2) is 49.5 Å². The molecular weight excluding hydrogens is 620 g/mol. The molecule has 1 aromatic heterocycles. The molecule has 1 aliphatic rings. The highest BCUT2D eigenvalue weighted by Gasteiger charge is 2.38. The van der Waals surface area contributed by atoms with E-state index in [2.05, 4.69) is 20.9 Å². The number of aromatic amines is 1. The molecule has 5 N–H and O–H groups in total. The van der Waals surface area contributed by atoms with Crippen LogP contribution in [0, 0.1) is 0 Å². The third kappa shape index (κ3) is 7.83. The minimum atomic E-state index is -3.39. The first kappa shape index (κ1) is 33.5. The van der Waals surface area contributed by atoms with Gasteiger partial charge in [-0.1, -0.05) is 37.3 Å². The second kappa shape index (κ2) is 14.1. The number of H-pyrrole nitrogens is 1. The Kier molecular flexibility index (Phi) is 10.5. The average Bonchev–Trinajstić information content (AvgIpc) is 3.86. The molecule has 1 aliphatic carbocycles. The quantitative estimate of drug-likeness (QED) is 0.138. The SMILES string of the molecule is CNCc1cc(NC(=O)OC[C@H](C)c2ccc(C(Nc3ccc4cc[nH]c(=O)c4c3)C(=O)O)cc2)ccc1S(=O)(=O)C1CC1.Cl. The van der Waals surface area contributed by atoms with E-state index in [-0.39, 0.29) is 40.6 Å². The van der Waals surface area contributed by atoms with Crippen LogP contribution in [0.15, 0.2) is 82.6 Å². The summed E-state index contributed by atoms with van der Waals surface area (Å²) in [6.45, 7) is 2.28. The van der Waals surface area contributed by atoms with E-state index in [0.29, 0.717) is 47.3 Å². The van der Waals surface area contributed by atoms with Crippen LogP contribution in [-0.2, 0) is 25.9 Å². The second-order valence-corrected chi connectivity index (χ2v) is 13.1. The fraction of sp³-hybridized carbons (Fsp3) is 0.281. The van der Waals surface area contributed by atoms with Crippen molar-refractivity contribution in [3.63, 3.8) is 0 Å². The Balaban J connectivity index is 0.00000461. The molecule has 45 heavy (non-hydrogen) atoms. The fourth-order valence-electron chi connectivity index (χ4n) is 5.02. The number of anilines is 2. The van der Waals surface area contributed by atoms with Crippen LogP contribution in [0.3, 0.4) is 0 Å². The lowest BCUT2D eigenvalue weighted by Crippen LogP contribution is -2.21. The molecule has 11 nitrogen and oxygen atoms in total. The number of hydrogen-bond donors (Lipinski definition) is 5. The number of fused-ring (bicyclic) bond motifs is 1. The summed E-state index contributed by atoms with van der Waals surface area (Å²) in [5.41, 5.74) is 2.59. The number of carboxylic acids is 1. The number of rotatable bonds is 12. The van der Waals surface area contributed by atoms with E-state index < -0.39 is 27.9 Å². The molecule has 1 saturated carbocycles. The number of carboxylic acid groups (broad SMARTS) is 1. The zero-order chi connectivity index (χ0) is 31.4. The molecule has 0 saturated heterocycles. The number of ether oxygens (including phenoxy) is 1. The van der Waals surface area contributed by atoms with Crippen LogP contribution >= 0.6 is 12.4 Å². The molecule has 0 radical (unpaired) electrons. The highest BCUT2D eigenvalue weighted by Crippen LogP contribution is 2.35. The molecular formula is C32H35ClN4O7S. The summed E-state index contributed by atoms with van der Waals surface area (Å²) in [6, 6.07) is 17.5. The maximum atomic E-state index is 12.8. The van der Waals surface area contributed by atoms with E-state index >= 15 is 0 Å². The predicted octanol–water partition coefficient (Wildman–Crippen LogP) is 5.20. The molecule has 238 valence electrons. The molecule has 1 heterocycles. The summed E-state index contributed by atoms with van der Waals surface area (Å²) in [5.74, 6) is -1.27. The van der Waals surface area contributed by atoms with Crippen LogP contribution < -0.4 is 21.5 Å². The summed E-state index contributed by atoms with van der Waals surface area (Å²) in [4.78, 5) is 39.7. The van der Waals surface area contributed by atoms with Gasteiger partial charge in [0.2, 0.25) is 0 Å². The Morgan fingerprint density at radius 1 is 1.00 bits per heavy atom. The number of halogens is 1. The number of hydrogen-bond acceptors (Lipinski definition) is 8. The normalized spacial score (nSPS) is 14.2. The lowest BCUT2D eigenvalue weighted by Gasteiger charge is -2.18. The smallest absolute Gasteiger partial charge is 0.411 e. The second-order valence-electron chi connectivity index (χ2n) is 10.9. The maximum Gasteiger partial charge on any atom is 0.411 e. The third-order valence-electron chi connectivity index (χ3n) is 7.58. The molecule has 2 atom stereocenters. The van der Waals surface area contributed by atoms with Crippen molar-refractivity contribution in [1.29, 1.82) is 0 Å². The van der Waals surface area contributed by atoms with Crippen molar-refractivity contribution in [3.8, 4) is 0 Å². The van der Waals surface area contributed by atoms with E-state index in [9.17, 15) is 27.9 Å². The third-order valence-corrected chi connectivity index (χ3v) is 9.94. The molecule has 1 unspecified atom stereocenters. The van der Waals surface area contributed by atoms with E-state index in [1.54, 1.807) is 73.9 Å². The van der Waals surface area contributed by atoms with Gasteiger partial charge in [0.15, 0.2) is 15.9 Å². The van der Waals surface area contributed by atoms with Gasteiger partial charge in [-0.15, -0.1) is 12.4 Å². The van der Waals surface area contributed by atoms with Gasteiger partial charge in [-0.3, -0.25) is 10.1 Å². The summed E-state index contributed by atoms with van der Waals surface area (Å²) >= 11 is 0. The number of benzene rings is 3. The monoisotopic (exact) mass is 654 g/mol. The van der Waals surface area contributed by atoms with E-state index in [4.69, 9.17) is 4.74 Å². The van der Waals surface area contributed by atoms with Crippen LogP contribution in [0.2, 0.25) is 0 Å². The first-order valence-corrected chi connectivity index (χ1v) is 15.8. The zero-order valence-electron chi connectivity index (χ0n) is 24.7. The van der Waals surface area contributed by atoms with Crippen molar-refractivity contribution >= 4 is 56.5 Å². The number of carbonyl (C=O) groups is 2. The van der Waals surface area contributed by atoms with Crippen molar-refractivity contribution < 1.29 is 27.9 Å². The summed E-state index contributed by atoms with van der Waals surface area (Å²) in [6.07, 6.45) is 2.22. The van der Waals surface area contributed by atoms with Crippen molar-refractivity contribution in [3.05, 3.63) is 100.0 Å². The van der Waals surface area contributed by atoms with Gasteiger partial charge in [0.1, 0.15) is 0 Å². The van der Waals surface area contributed by atoms with E-state index in [1.165, 1.54) is 6.07 Å². The van der Waals surface area contributed by atoms with Crippen LogP contribution in [0.4, 0.5) is 16.2 Å². The Hall–Kier alpha value is -4.39. The highest BCUT2D eigenvalue weighted by molar-refractivity contribution is 7.92. The predicted molar refractivity (Wildman–Crippen MR) is 175 cm³/mol. The van der Waals surface area contributed by atoms with Crippen LogP contribution in [0.1, 0.15) is 48.4 Å². The molecule has 0 aliphatic heterocycles. The maximum absolute atomic E-state index is 12.8. The Morgan fingerprint density at radius 2 is 1.69 bits per heavy atom. The minimum absolute atomic E-state index is 0. The lowest BCUT2D eigenvalue weighted by atomic mass is 9.98. The molecule has 5 rings (SSSR count). The van der Waals surface area contributed by atoms with Crippen LogP contribution in [0.5, 0.6) is 0 Å². The van der Waals surface area contributed by atoms with Gasteiger partial charge >= 0.3 is 12.1 Å². The van der Waals surface area contributed by atoms with Gasteiger partial charge in [0.05, 0.1) is 16.8 Å². The summed E-state index contributed by atoms with van der Waals surface area (Å²) < 4.78 is 31.0. The standard InChI is InChI=1S/C32H34N4O7S.ClH/c1-19(18-43-32(40)36-24-9-12-28(23(15-24)17-33-2)44(41,42)26-10-11-26)20-3-5-22(6-4-20)29(31(38)39)35-25-8-7-21-13-14-34-30(37)27(21)16-25;/h3-9,12-16,19,26,29,33,35H,10-11,17-18H2,1-2H3,(H,34,37)(H,36,40)(H,38,39);1H/t19-,29?;/m0./s1. The lowest BCUT2D eigenvalue weighted by molar-refractivity contribution is -0.138. The molecule has 0 spiro atoms. The van der Waals surface area contributed by atoms with Gasteiger partial charge in [0, 0.05) is 35.4 Å². The summed E-state index contributed by atoms with van der Waals surface area (Å²) in [5, 5.41) is 19.4. The number of nitrogens with one attached hydrogen (secondary N) is 4. The first-order chi connectivity index (χ1) is 21.1. The van der Waals surface area contributed by atoms with Gasteiger partial charge in [-0.05, 0) is 78.4 Å². The molecule has 13 heteroatoms. The van der Waals surface area contributed by atoms with Crippen LogP contribution in [0.25, 0.3) is 10.8 Å². The zero-order valence-corrected chi connectivity index (χ0v) is 26.3. The molecule has 4 aromatic rings. The molecule has 3 aromatic carbocycles. The largest absolute Gasteiger partial charge is 0.479 e. The Bertz CT molecular complexity index is 1860. The van der Waals surface area contributed by atoms with Gasteiger partial charge in [0.25, 0.3) is 5.56 Å². The minimum Gasteiger partial charge on any atom is -0.479 e. The van der Waals surface area contributed by atoms with Crippen molar-refractivity contribution in [2.75, 3.05) is 24.3 Å². The van der Waals surface area contributed by atoms with Gasteiger partial charge < -0.3 is 25.5 Å². The number of sulfone groups is 1.